The van der Waals surface area contributed by atoms with E-state index in [-0.39, 0.29) is 0 Å². The van der Waals surface area contributed by atoms with E-state index in [0.29, 0.717) is 0 Å². The first-order chi connectivity index (χ1) is 37.3. The summed E-state index contributed by atoms with van der Waals surface area (Å²) >= 11 is 0. The van der Waals surface area contributed by atoms with Crippen LogP contribution in [0.25, 0.3) is 83.1 Å². The van der Waals surface area contributed by atoms with Crippen LogP contribution in [0.3, 0.4) is 0 Å². The van der Waals surface area contributed by atoms with Crippen molar-refractivity contribution in [3.05, 3.63) is 326 Å². The van der Waals surface area contributed by atoms with Crippen LogP contribution in [-0.4, -0.2) is 4.57 Å². The van der Waals surface area contributed by atoms with Crippen LogP contribution in [-0.2, 0) is 5.41 Å². The molecule has 2 heteroatoms. The molecule has 0 atom stereocenters. The molecule has 0 spiro atoms. The van der Waals surface area contributed by atoms with Crippen molar-refractivity contribution in [1.82, 2.24) is 4.57 Å². The highest BCUT2D eigenvalue weighted by molar-refractivity contribution is 6.14. The van der Waals surface area contributed by atoms with E-state index < -0.39 is 5.41 Å². The van der Waals surface area contributed by atoms with Crippen molar-refractivity contribution in [2.75, 3.05) is 4.90 Å². The van der Waals surface area contributed by atoms with Gasteiger partial charge in [-0.25, -0.2) is 0 Å². The molecule has 0 aliphatic heterocycles. The van der Waals surface area contributed by atoms with Crippen molar-refractivity contribution in [3.8, 4) is 61.3 Å². The highest BCUT2D eigenvalue weighted by Crippen LogP contribution is 2.60. The maximum Gasteiger partial charge on any atom is 0.0714 e. The Morgan fingerprint density at radius 2 is 0.760 bits per heavy atom. The Bertz CT molecular complexity index is 4180. The molecule has 0 unspecified atom stereocenters. The van der Waals surface area contributed by atoms with Gasteiger partial charge in [0.05, 0.1) is 27.8 Å². The molecule has 2 nitrogen and oxygen atoms in total. The summed E-state index contributed by atoms with van der Waals surface area (Å²) in [4.78, 5) is 2.57. The third-order valence-corrected chi connectivity index (χ3v) is 15.5. The van der Waals surface area contributed by atoms with Gasteiger partial charge < -0.3 is 9.47 Å². The van der Waals surface area contributed by atoms with E-state index in [1.165, 1.54) is 66.3 Å². The molecule has 352 valence electrons. The smallest absolute Gasteiger partial charge is 0.0714 e. The van der Waals surface area contributed by atoms with Crippen LogP contribution in [0, 0.1) is 0 Å². The number of anilines is 3. The lowest BCUT2D eigenvalue weighted by molar-refractivity contribution is 0.768. The van der Waals surface area contributed by atoms with Gasteiger partial charge in [0, 0.05) is 38.8 Å². The molecule has 0 bridgehead atoms. The SMILES string of the molecule is c1ccc(-c2ccccc2-c2c(-c3ccccc3)cccc2N(c2cccc(-c3cccc4c5ccccc5n(-c5ccccc5)c34)c2)c2cccc3c2-c2ccccc2C3(c2ccccc2)c2ccccc2)cc1. The quantitative estimate of drug-likeness (QED) is 0.133. The minimum Gasteiger partial charge on any atom is -0.309 e. The van der Waals surface area contributed by atoms with E-state index >= 15 is 0 Å². The van der Waals surface area contributed by atoms with Crippen LogP contribution in [0.5, 0.6) is 0 Å². The van der Waals surface area contributed by atoms with Crippen molar-refractivity contribution in [1.29, 1.82) is 0 Å². The fraction of sp³-hybridized carbons (Fsp3) is 0.0137. The van der Waals surface area contributed by atoms with Gasteiger partial charge in [0.25, 0.3) is 0 Å². The van der Waals surface area contributed by atoms with E-state index in [1.54, 1.807) is 0 Å². The summed E-state index contributed by atoms with van der Waals surface area (Å²) in [5, 5.41) is 2.45. The van der Waals surface area contributed by atoms with Gasteiger partial charge in [-0.3, -0.25) is 0 Å². The first-order valence-corrected chi connectivity index (χ1v) is 25.9. The number of fused-ring (bicyclic) bond motifs is 6. The number of nitrogens with zero attached hydrogens (tertiary/aromatic N) is 2. The van der Waals surface area contributed by atoms with Crippen LogP contribution >= 0.6 is 0 Å². The molecule has 14 rings (SSSR count). The van der Waals surface area contributed by atoms with Gasteiger partial charge in [0.2, 0.25) is 0 Å². The van der Waals surface area contributed by atoms with Crippen molar-refractivity contribution in [2.24, 2.45) is 0 Å². The average molecular weight is 955 g/mol. The largest absolute Gasteiger partial charge is 0.309 e. The van der Waals surface area contributed by atoms with Crippen molar-refractivity contribution < 1.29 is 0 Å². The van der Waals surface area contributed by atoms with Gasteiger partial charge in [-0.2, -0.15) is 0 Å². The molecular weight excluding hydrogens is 905 g/mol. The van der Waals surface area contributed by atoms with E-state index in [4.69, 9.17) is 0 Å². The Kier molecular flexibility index (Phi) is 10.8. The lowest BCUT2D eigenvalue weighted by atomic mass is 9.68. The Balaban J connectivity index is 1.10. The second kappa shape index (κ2) is 18.4. The molecule has 1 aromatic heterocycles. The summed E-state index contributed by atoms with van der Waals surface area (Å²) in [6.45, 7) is 0. The molecule has 0 fully saturated rings. The zero-order valence-corrected chi connectivity index (χ0v) is 41.3. The topological polar surface area (TPSA) is 8.17 Å². The fourth-order valence-electron chi connectivity index (χ4n) is 12.4. The second-order valence-corrected chi connectivity index (χ2v) is 19.5. The molecule has 0 saturated heterocycles. The predicted octanol–water partition coefficient (Wildman–Crippen LogP) is 19.3. The van der Waals surface area contributed by atoms with Crippen LogP contribution in [0.2, 0.25) is 0 Å². The summed E-state index contributed by atoms with van der Waals surface area (Å²) < 4.78 is 2.44. The summed E-state index contributed by atoms with van der Waals surface area (Å²) in [6.07, 6.45) is 0. The third kappa shape index (κ3) is 7.10. The van der Waals surface area contributed by atoms with Gasteiger partial charge in [0.15, 0.2) is 0 Å². The average Bonchev–Trinajstić information content (AvgIpc) is 4.16. The zero-order chi connectivity index (χ0) is 49.7. The summed E-state index contributed by atoms with van der Waals surface area (Å²) in [7, 11) is 0. The summed E-state index contributed by atoms with van der Waals surface area (Å²) in [5.74, 6) is 0. The normalized spacial score (nSPS) is 12.4. The first kappa shape index (κ1) is 44.0. The van der Waals surface area contributed by atoms with Gasteiger partial charge in [0.1, 0.15) is 0 Å². The molecule has 0 radical (unpaired) electrons. The Morgan fingerprint density at radius 1 is 0.293 bits per heavy atom. The van der Waals surface area contributed by atoms with Crippen molar-refractivity contribution >= 4 is 38.9 Å². The molecule has 1 aliphatic rings. The summed E-state index contributed by atoms with van der Waals surface area (Å²) in [5.41, 5.74) is 22.8. The molecule has 13 aromatic rings. The van der Waals surface area contributed by atoms with Crippen molar-refractivity contribution in [3.63, 3.8) is 0 Å². The highest BCUT2D eigenvalue weighted by Gasteiger charge is 2.47. The maximum atomic E-state index is 2.57. The molecule has 12 aromatic carbocycles. The number of rotatable bonds is 10. The van der Waals surface area contributed by atoms with E-state index in [9.17, 15) is 0 Å². The zero-order valence-electron chi connectivity index (χ0n) is 41.3. The van der Waals surface area contributed by atoms with E-state index in [2.05, 4.69) is 313 Å². The van der Waals surface area contributed by atoms with Gasteiger partial charge in [-0.05, 0) is 104 Å². The van der Waals surface area contributed by atoms with Gasteiger partial charge in [-0.1, -0.05) is 261 Å². The minimum atomic E-state index is -0.590. The lowest BCUT2D eigenvalue weighted by Crippen LogP contribution is -2.28. The van der Waals surface area contributed by atoms with Gasteiger partial charge in [-0.15, -0.1) is 0 Å². The van der Waals surface area contributed by atoms with E-state index in [1.807, 2.05) is 0 Å². The lowest BCUT2D eigenvalue weighted by Gasteiger charge is -2.35. The molecule has 1 heterocycles. The highest BCUT2D eigenvalue weighted by atomic mass is 15.1. The molecule has 1 aliphatic carbocycles. The minimum absolute atomic E-state index is 0.590. The molecule has 75 heavy (non-hydrogen) atoms. The van der Waals surface area contributed by atoms with Crippen LogP contribution < -0.4 is 4.90 Å². The number of benzene rings is 12. The summed E-state index contributed by atoms with van der Waals surface area (Å²) in [6, 6.07) is 112. The fourth-order valence-corrected chi connectivity index (χ4v) is 12.4. The molecule has 0 N–H and O–H groups in total. The molecule has 0 amide bonds. The van der Waals surface area contributed by atoms with E-state index in [0.717, 1.165) is 56.1 Å². The number of aromatic nitrogens is 1. The Morgan fingerprint density at radius 3 is 1.47 bits per heavy atom. The molecular formula is C73H50N2. The van der Waals surface area contributed by atoms with Gasteiger partial charge >= 0.3 is 0 Å². The number of para-hydroxylation sites is 3. The standard InChI is InChI=1S/C73H50N2/c1-6-26-51(27-7-1)58-38-16-17-40-62(58)70-59(52-28-8-2-9-29-52)42-24-48-68(70)74(57-37-22-30-53(50-57)60-43-23-44-63-61-39-19-21-47-67(61)75(72(60)63)56-35-14-5-15-36-56)69-49-25-46-66-71(69)64-41-18-20-45-65(64)73(66,54-31-10-3-11-32-54)55-33-12-4-13-34-55/h1-50H. The first-order valence-electron chi connectivity index (χ1n) is 25.9. The second-order valence-electron chi connectivity index (χ2n) is 19.5. The Labute approximate surface area is 438 Å². The number of hydrogen-bond acceptors (Lipinski definition) is 1. The predicted molar refractivity (Wildman–Crippen MR) is 315 cm³/mol. The third-order valence-electron chi connectivity index (χ3n) is 15.5. The van der Waals surface area contributed by atoms with Crippen molar-refractivity contribution in [2.45, 2.75) is 5.41 Å². The Hall–Kier alpha value is -9.76. The number of hydrogen-bond donors (Lipinski definition) is 0. The van der Waals surface area contributed by atoms with Crippen LogP contribution in [0.4, 0.5) is 17.1 Å². The monoisotopic (exact) mass is 954 g/mol. The molecule has 0 saturated carbocycles. The van der Waals surface area contributed by atoms with Crippen LogP contribution in [0.15, 0.2) is 303 Å². The van der Waals surface area contributed by atoms with Crippen LogP contribution in [0.1, 0.15) is 22.3 Å². The maximum absolute atomic E-state index is 2.57.